The number of hydrogen-bond donors (Lipinski definition) is 1. The van der Waals surface area contributed by atoms with Gasteiger partial charge in [0, 0.05) is 19.4 Å². The van der Waals surface area contributed by atoms with Crippen molar-refractivity contribution < 1.29 is 14.3 Å². The lowest BCUT2D eigenvalue weighted by atomic mass is 10.1. The maximum absolute atomic E-state index is 11.3. The van der Waals surface area contributed by atoms with E-state index in [1.54, 1.807) is 0 Å². The fourth-order valence-electron chi connectivity index (χ4n) is 1.53. The molecule has 0 aliphatic rings. The van der Waals surface area contributed by atoms with Crippen LogP contribution in [0.2, 0.25) is 0 Å². The molecule has 0 fully saturated rings. The van der Waals surface area contributed by atoms with Crippen molar-refractivity contribution in [3.05, 3.63) is 0 Å². The minimum absolute atomic E-state index is 0.345. The Morgan fingerprint density at radius 1 is 1.06 bits per heavy atom. The molecule has 1 amide bonds. The van der Waals surface area contributed by atoms with E-state index >= 15 is 0 Å². The summed E-state index contributed by atoms with van der Waals surface area (Å²) in [6, 6.07) is 0. The molecular formula is C14H27NO3. The number of rotatable bonds is 8. The van der Waals surface area contributed by atoms with Crippen LogP contribution in [0.4, 0.5) is 4.79 Å². The lowest BCUT2D eigenvalue weighted by molar-refractivity contribution is -0.119. The summed E-state index contributed by atoms with van der Waals surface area (Å²) in [6.45, 7) is 8.14. The largest absolute Gasteiger partial charge is 0.444 e. The number of carbonyl (C=O) groups is 2. The summed E-state index contributed by atoms with van der Waals surface area (Å²) in [5, 5.41) is 2.71. The average Bonchev–Trinajstić information content (AvgIpc) is 2.21. The van der Waals surface area contributed by atoms with Gasteiger partial charge >= 0.3 is 6.09 Å². The standard InChI is InChI=1S/C14H27NO3/c1-5-9-12(16)10-7-6-8-11-15-13(17)18-14(2,3)4/h5-11H2,1-4H3,(H,15,17). The van der Waals surface area contributed by atoms with Crippen LogP contribution in [0.15, 0.2) is 0 Å². The van der Waals surface area contributed by atoms with Crippen molar-refractivity contribution in [1.82, 2.24) is 5.32 Å². The van der Waals surface area contributed by atoms with Crippen LogP contribution >= 0.6 is 0 Å². The second-order valence-electron chi connectivity index (χ2n) is 5.53. The van der Waals surface area contributed by atoms with Gasteiger partial charge in [-0.05, 0) is 40.0 Å². The van der Waals surface area contributed by atoms with E-state index in [4.69, 9.17) is 4.74 Å². The van der Waals surface area contributed by atoms with E-state index < -0.39 is 5.60 Å². The second kappa shape index (κ2) is 8.95. The Bertz CT molecular complexity index is 256. The van der Waals surface area contributed by atoms with E-state index in [9.17, 15) is 9.59 Å². The highest BCUT2D eigenvalue weighted by Crippen LogP contribution is 2.07. The van der Waals surface area contributed by atoms with Gasteiger partial charge in [-0.2, -0.15) is 0 Å². The summed E-state index contributed by atoms with van der Waals surface area (Å²) in [5.74, 6) is 0.345. The molecule has 0 aromatic heterocycles. The van der Waals surface area contributed by atoms with Crippen molar-refractivity contribution >= 4 is 11.9 Å². The van der Waals surface area contributed by atoms with Crippen LogP contribution in [0.3, 0.4) is 0 Å². The third kappa shape index (κ3) is 11.4. The third-order valence-electron chi connectivity index (χ3n) is 2.33. The van der Waals surface area contributed by atoms with Crippen LogP contribution in [-0.4, -0.2) is 24.0 Å². The SMILES string of the molecule is CCCC(=O)CCCCCNC(=O)OC(C)(C)C. The zero-order valence-electron chi connectivity index (χ0n) is 12.2. The summed E-state index contributed by atoms with van der Waals surface area (Å²) >= 11 is 0. The highest BCUT2D eigenvalue weighted by atomic mass is 16.6. The minimum Gasteiger partial charge on any atom is -0.444 e. The monoisotopic (exact) mass is 257 g/mol. The summed E-state index contributed by atoms with van der Waals surface area (Å²) < 4.78 is 5.11. The summed E-state index contributed by atoms with van der Waals surface area (Å²) in [7, 11) is 0. The number of hydrogen-bond acceptors (Lipinski definition) is 3. The maximum atomic E-state index is 11.3. The van der Waals surface area contributed by atoms with Crippen molar-refractivity contribution in [1.29, 1.82) is 0 Å². The molecule has 0 saturated carbocycles. The average molecular weight is 257 g/mol. The molecule has 0 unspecified atom stereocenters. The van der Waals surface area contributed by atoms with Crippen molar-refractivity contribution in [3.63, 3.8) is 0 Å². The molecule has 0 aromatic carbocycles. The molecule has 0 atom stereocenters. The van der Waals surface area contributed by atoms with Crippen LogP contribution in [-0.2, 0) is 9.53 Å². The predicted molar refractivity (Wildman–Crippen MR) is 72.6 cm³/mol. The highest BCUT2D eigenvalue weighted by molar-refractivity contribution is 5.78. The van der Waals surface area contributed by atoms with Crippen LogP contribution < -0.4 is 5.32 Å². The number of ketones is 1. The Labute approximate surface area is 110 Å². The Morgan fingerprint density at radius 3 is 2.28 bits per heavy atom. The van der Waals surface area contributed by atoms with Crippen LogP contribution in [0.1, 0.15) is 66.2 Å². The molecule has 1 N–H and O–H groups in total. The van der Waals surface area contributed by atoms with Gasteiger partial charge in [-0.1, -0.05) is 13.3 Å². The van der Waals surface area contributed by atoms with Gasteiger partial charge in [-0.3, -0.25) is 4.79 Å². The molecule has 0 bridgehead atoms. The van der Waals surface area contributed by atoms with Crippen molar-refractivity contribution in [2.45, 2.75) is 71.8 Å². The van der Waals surface area contributed by atoms with Crippen LogP contribution in [0.5, 0.6) is 0 Å². The van der Waals surface area contributed by atoms with E-state index in [-0.39, 0.29) is 6.09 Å². The first kappa shape index (κ1) is 16.9. The summed E-state index contributed by atoms with van der Waals surface area (Å²) in [6.07, 6.45) is 4.68. The molecule has 0 heterocycles. The quantitative estimate of drug-likeness (QED) is 0.678. The van der Waals surface area contributed by atoms with Gasteiger partial charge in [0.05, 0.1) is 0 Å². The van der Waals surface area contributed by atoms with Gasteiger partial charge in [0.25, 0.3) is 0 Å². The van der Waals surface area contributed by atoms with Gasteiger partial charge in [0.1, 0.15) is 11.4 Å². The number of amides is 1. The van der Waals surface area contributed by atoms with Crippen LogP contribution in [0, 0.1) is 0 Å². The molecule has 18 heavy (non-hydrogen) atoms. The molecule has 0 aliphatic carbocycles. The lowest BCUT2D eigenvalue weighted by Crippen LogP contribution is -2.32. The van der Waals surface area contributed by atoms with Gasteiger partial charge in [-0.25, -0.2) is 4.79 Å². The van der Waals surface area contributed by atoms with E-state index in [1.165, 1.54) is 0 Å². The molecule has 0 radical (unpaired) electrons. The van der Waals surface area contributed by atoms with Crippen molar-refractivity contribution in [2.75, 3.05) is 6.54 Å². The molecule has 0 aliphatic heterocycles. The van der Waals surface area contributed by atoms with E-state index in [2.05, 4.69) is 5.32 Å². The zero-order valence-corrected chi connectivity index (χ0v) is 12.2. The van der Waals surface area contributed by atoms with E-state index in [0.29, 0.717) is 25.2 Å². The highest BCUT2D eigenvalue weighted by Gasteiger charge is 2.15. The number of nitrogens with one attached hydrogen (secondary N) is 1. The van der Waals surface area contributed by atoms with Crippen LogP contribution in [0.25, 0.3) is 0 Å². The van der Waals surface area contributed by atoms with Crippen molar-refractivity contribution in [2.24, 2.45) is 0 Å². The molecule has 0 rings (SSSR count). The smallest absolute Gasteiger partial charge is 0.407 e. The number of unbranched alkanes of at least 4 members (excludes halogenated alkanes) is 2. The fourth-order valence-corrected chi connectivity index (χ4v) is 1.53. The normalized spacial score (nSPS) is 11.1. The Morgan fingerprint density at radius 2 is 1.72 bits per heavy atom. The lowest BCUT2D eigenvalue weighted by Gasteiger charge is -2.19. The summed E-state index contributed by atoms with van der Waals surface area (Å²) in [4.78, 5) is 22.5. The molecule has 106 valence electrons. The zero-order chi connectivity index (χ0) is 14.0. The third-order valence-corrected chi connectivity index (χ3v) is 2.33. The fraction of sp³-hybridized carbons (Fsp3) is 0.857. The maximum Gasteiger partial charge on any atom is 0.407 e. The molecule has 0 saturated heterocycles. The Hall–Kier alpha value is -1.06. The van der Waals surface area contributed by atoms with Gasteiger partial charge in [0.2, 0.25) is 0 Å². The van der Waals surface area contributed by atoms with E-state index in [0.717, 1.165) is 25.7 Å². The molecule has 0 spiro atoms. The number of ether oxygens (including phenoxy) is 1. The molecular weight excluding hydrogens is 230 g/mol. The first-order valence-corrected chi connectivity index (χ1v) is 6.83. The molecule has 4 heteroatoms. The van der Waals surface area contributed by atoms with E-state index in [1.807, 2.05) is 27.7 Å². The first-order chi connectivity index (χ1) is 8.35. The number of Topliss-reactive ketones (excluding diaryl/α,β-unsaturated/α-hetero) is 1. The topological polar surface area (TPSA) is 55.4 Å². The molecule has 0 aromatic rings. The first-order valence-electron chi connectivity index (χ1n) is 6.83. The number of carbonyl (C=O) groups excluding carboxylic acids is 2. The van der Waals surface area contributed by atoms with Gasteiger partial charge in [0.15, 0.2) is 0 Å². The predicted octanol–water partition coefficient (Wildman–Crippen LogP) is 3.44. The van der Waals surface area contributed by atoms with Crippen molar-refractivity contribution in [3.8, 4) is 0 Å². The minimum atomic E-state index is -0.448. The number of alkyl carbamates (subject to hydrolysis) is 1. The summed E-state index contributed by atoms with van der Waals surface area (Å²) in [5.41, 5.74) is -0.448. The molecule has 4 nitrogen and oxygen atoms in total. The Kier molecular flexibility index (Phi) is 8.42. The van der Waals surface area contributed by atoms with Gasteiger partial charge in [-0.15, -0.1) is 0 Å². The Balaban J connectivity index is 3.41. The van der Waals surface area contributed by atoms with Gasteiger partial charge < -0.3 is 10.1 Å². The second-order valence-corrected chi connectivity index (χ2v) is 5.53.